The molecule has 0 bridgehead atoms. The Morgan fingerprint density at radius 2 is 2.24 bits per heavy atom. The highest BCUT2D eigenvalue weighted by Gasteiger charge is 2.07. The topological polar surface area (TPSA) is 41.1 Å². The molecule has 0 aliphatic rings. The van der Waals surface area contributed by atoms with E-state index in [1.54, 1.807) is 12.1 Å². The van der Waals surface area contributed by atoms with E-state index in [0.717, 1.165) is 12.8 Å². The van der Waals surface area contributed by atoms with E-state index in [0.29, 0.717) is 6.54 Å². The van der Waals surface area contributed by atoms with Crippen molar-refractivity contribution in [3.63, 3.8) is 0 Å². The summed E-state index contributed by atoms with van der Waals surface area (Å²) in [6.45, 7) is 2.74. The third-order valence-electron chi connectivity index (χ3n) is 2.24. The van der Waals surface area contributed by atoms with Crippen LogP contribution in [0.25, 0.3) is 0 Å². The van der Waals surface area contributed by atoms with Gasteiger partial charge in [0.2, 0.25) is 5.91 Å². The van der Waals surface area contributed by atoms with Crippen molar-refractivity contribution in [2.75, 3.05) is 18.4 Å². The molecule has 0 fully saturated rings. The van der Waals surface area contributed by atoms with E-state index in [9.17, 15) is 9.18 Å². The number of unbranched alkanes of at least 4 members (excludes halogenated alkanes) is 1. The van der Waals surface area contributed by atoms with Crippen LogP contribution in [-0.2, 0) is 4.79 Å². The minimum Gasteiger partial charge on any atom is -0.374 e. The zero-order valence-electron chi connectivity index (χ0n) is 9.72. The summed E-state index contributed by atoms with van der Waals surface area (Å²) in [5, 5.41) is 5.48. The summed E-state index contributed by atoms with van der Waals surface area (Å²) in [5.41, 5.74) is 0.239. The molecule has 0 aromatic heterocycles. The molecular weight excluding hydrogens is 243 g/mol. The molecule has 0 heterocycles. The van der Waals surface area contributed by atoms with Crippen molar-refractivity contribution in [1.82, 2.24) is 5.32 Å². The molecule has 5 heteroatoms. The molecule has 0 saturated heterocycles. The summed E-state index contributed by atoms with van der Waals surface area (Å²) in [5.74, 6) is -0.687. The van der Waals surface area contributed by atoms with Crippen LogP contribution < -0.4 is 10.6 Å². The van der Waals surface area contributed by atoms with E-state index in [1.807, 2.05) is 6.92 Å². The van der Waals surface area contributed by atoms with Crippen LogP contribution in [0.4, 0.5) is 10.1 Å². The smallest absolute Gasteiger partial charge is 0.239 e. The van der Waals surface area contributed by atoms with Gasteiger partial charge in [0.15, 0.2) is 5.82 Å². The Morgan fingerprint density at radius 3 is 2.94 bits per heavy atom. The first-order chi connectivity index (χ1) is 8.15. The molecular formula is C12H16ClFN2O. The molecule has 0 atom stereocenters. The van der Waals surface area contributed by atoms with Crippen molar-refractivity contribution >= 4 is 23.2 Å². The van der Waals surface area contributed by atoms with Crippen LogP contribution in [0.15, 0.2) is 18.2 Å². The standard InChI is InChI=1S/C12H16ClFN2O/c1-2-3-7-15-11(17)8-16-10-6-4-5-9(13)12(10)14/h4-6,16H,2-3,7-8H2,1H3,(H,15,17). The molecule has 3 nitrogen and oxygen atoms in total. The molecule has 0 spiro atoms. The number of halogens is 2. The Labute approximate surface area is 105 Å². The van der Waals surface area contributed by atoms with E-state index in [-0.39, 0.29) is 23.2 Å². The van der Waals surface area contributed by atoms with Gasteiger partial charge in [-0.1, -0.05) is 31.0 Å². The number of rotatable bonds is 6. The average molecular weight is 259 g/mol. The molecule has 1 rings (SSSR count). The van der Waals surface area contributed by atoms with Crippen molar-refractivity contribution in [1.29, 1.82) is 0 Å². The summed E-state index contributed by atoms with van der Waals surface area (Å²) in [6, 6.07) is 4.63. The Hall–Kier alpha value is -1.29. The van der Waals surface area contributed by atoms with Gasteiger partial charge in [-0.3, -0.25) is 4.79 Å². The van der Waals surface area contributed by atoms with Crippen molar-refractivity contribution in [2.24, 2.45) is 0 Å². The molecule has 0 unspecified atom stereocenters. The molecule has 0 aliphatic heterocycles. The SMILES string of the molecule is CCCCNC(=O)CNc1cccc(Cl)c1F. The fourth-order valence-corrected chi connectivity index (χ4v) is 1.46. The van der Waals surface area contributed by atoms with Gasteiger partial charge in [-0.2, -0.15) is 0 Å². The lowest BCUT2D eigenvalue weighted by atomic mass is 10.3. The Kier molecular flexibility index (Phi) is 5.77. The summed E-state index contributed by atoms with van der Waals surface area (Å²) in [4.78, 5) is 11.4. The fourth-order valence-electron chi connectivity index (χ4n) is 1.28. The lowest BCUT2D eigenvalue weighted by Gasteiger charge is -2.08. The third-order valence-corrected chi connectivity index (χ3v) is 2.54. The number of carbonyl (C=O) groups excluding carboxylic acids is 1. The lowest BCUT2D eigenvalue weighted by Crippen LogP contribution is -2.30. The average Bonchev–Trinajstić information content (AvgIpc) is 2.31. The summed E-state index contributed by atoms with van der Waals surface area (Å²) in [7, 11) is 0. The maximum Gasteiger partial charge on any atom is 0.239 e. The van der Waals surface area contributed by atoms with Crippen molar-refractivity contribution in [3.05, 3.63) is 29.0 Å². The minimum absolute atomic E-state index is 0.0426. The molecule has 0 saturated carbocycles. The van der Waals surface area contributed by atoms with Crippen molar-refractivity contribution < 1.29 is 9.18 Å². The maximum absolute atomic E-state index is 13.4. The predicted octanol–water partition coefficient (Wildman–Crippen LogP) is 2.81. The van der Waals surface area contributed by atoms with Crippen LogP contribution in [0, 0.1) is 5.82 Å². The normalized spacial score (nSPS) is 10.1. The number of benzene rings is 1. The molecule has 94 valence electrons. The van der Waals surface area contributed by atoms with E-state index in [1.165, 1.54) is 6.07 Å². The highest BCUT2D eigenvalue weighted by Crippen LogP contribution is 2.21. The minimum atomic E-state index is -0.532. The highest BCUT2D eigenvalue weighted by atomic mass is 35.5. The van der Waals surface area contributed by atoms with Crippen LogP contribution in [0.5, 0.6) is 0 Å². The molecule has 1 aromatic carbocycles. The Bertz CT molecular complexity index is 385. The first-order valence-corrected chi connectivity index (χ1v) is 5.97. The lowest BCUT2D eigenvalue weighted by molar-refractivity contribution is -0.119. The number of amides is 1. The molecule has 1 aromatic rings. The summed E-state index contributed by atoms with van der Waals surface area (Å²) < 4.78 is 13.4. The Morgan fingerprint density at radius 1 is 1.47 bits per heavy atom. The monoisotopic (exact) mass is 258 g/mol. The highest BCUT2D eigenvalue weighted by molar-refractivity contribution is 6.31. The van der Waals surface area contributed by atoms with E-state index >= 15 is 0 Å². The van der Waals surface area contributed by atoms with Gasteiger partial charge < -0.3 is 10.6 Å². The van der Waals surface area contributed by atoms with Crippen LogP contribution in [0.3, 0.4) is 0 Å². The molecule has 0 radical (unpaired) electrons. The number of anilines is 1. The number of hydrogen-bond donors (Lipinski definition) is 2. The molecule has 2 N–H and O–H groups in total. The molecule has 0 aliphatic carbocycles. The largest absolute Gasteiger partial charge is 0.374 e. The van der Waals surface area contributed by atoms with Gasteiger partial charge in [-0.05, 0) is 18.6 Å². The van der Waals surface area contributed by atoms with Gasteiger partial charge >= 0.3 is 0 Å². The van der Waals surface area contributed by atoms with Gasteiger partial charge in [0, 0.05) is 6.54 Å². The van der Waals surface area contributed by atoms with Crippen LogP contribution in [0.2, 0.25) is 5.02 Å². The first kappa shape index (κ1) is 13.8. The van der Waals surface area contributed by atoms with Crippen LogP contribution >= 0.6 is 11.6 Å². The van der Waals surface area contributed by atoms with Crippen LogP contribution in [0.1, 0.15) is 19.8 Å². The van der Waals surface area contributed by atoms with Gasteiger partial charge in [0.05, 0.1) is 17.3 Å². The fraction of sp³-hybridized carbons (Fsp3) is 0.417. The van der Waals surface area contributed by atoms with E-state index < -0.39 is 5.82 Å². The zero-order chi connectivity index (χ0) is 12.7. The second-order valence-corrected chi connectivity index (χ2v) is 4.07. The predicted molar refractivity (Wildman–Crippen MR) is 67.8 cm³/mol. The number of hydrogen-bond acceptors (Lipinski definition) is 2. The van der Waals surface area contributed by atoms with E-state index in [2.05, 4.69) is 10.6 Å². The van der Waals surface area contributed by atoms with Gasteiger partial charge in [0.1, 0.15) is 0 Å². The van der Waals surface area contributed by atoms with E-state index in [4.69, 9.17) is 11.6 Å². The van der Waals surface area contributed by atoms with Gasteiger partial charge in [-0.25, -0.2) is 4.39 Å². The van der Waals surface area contributed by atoms with Gasteiger partial charge in [0.25, 0.3) is 0 Å². The first-order valence-electron chi connectivity index (χ1n) is 5.59. The van der Waals surface area contributed by atoms with Gasteiger partial charge in [-0.15, -0.1) is 0 Å². The molecule has 1 amide bonds. The summed E-state index contributed by atoms with van der Waals surface area (Å²) in [6.07, 6.45) is 1.97. The van der Waals surface area contributed by atoms with Crippen molar-refractivity contribution in [3.8, 4) is 0 Å². The second kappa shape index (κ2) is 7.12. The van der Waals surface area contributed by atoms with Crippen molar-refractivity contribution in [2.45, 2.75) is 19.8 Å². The summed E-state index contributed by atoms with van der Waals surface area (Å²) >= 11 is 5.62. The second-order valence-electron chi connectivity index (χ2n) is 3.66. The Balaban J connectivity index is 2.39. The third kappa shape index (κ3) is 4.61. The molecule has 17 heavy (non-hydrogen) atoms. The zero-order valence-corrected chi connectivity index (χ0v) is 10.5. The number of nitrogens with one attached hydrogen (secondary N) is 2. The number of carbonyl (C=O) groups is 1. The maximum atomic E-state index is 13.4. The quantitative estimate of drug-likeness (QED) is 0.771. The van der Waals surface area contributed by atoms with Crippen LogP contribution in [-0.4, -0.2) is 19.0 Å².